The van der Waals surface area contributed by atoms with Crippen LogP contribution in [-0.4, -0.2) is 28.1 Å². The summed E-state index contributed by atoms with van der Waals surface area (Å²) in [5.41, 5.74) is 3.26. The second-order valence-electron chi connectivity index (χ2n) is 7.44. The first kappa shape index (κ1) is 20.7. The van der Waals surface area contributed by atoms with Crippen molar-refractivity contribution in [3.63, 3.8) is 0 Å². The zero-order chi connectivity index (χ0) is 21.8. The van der Waals surface area contributed by atoms with Crippen LogP contribution in [0.1, 0.15) is 41.0 Å². The van der Waals surface area contributed by atoms with Crippen LogP contribution in [0.4, 0.5) is 14.5 Å². The van der Waals surface area contributed by atoms with Gasteiger partial charge in [0, 0.05) is 23.0 Å². The zero-order valence-electron chi connectivity index (χ0n) is 16.8. The fourth-order valence-corrected chi connectivity index (χ4v) is 3.76. The molecule has 31 heavy (non-hydrogen) atoms. The van der Waals surface area contributed by atoms with E-state index < -0.39 is 23.4 Å². The lowest BCUT2D eigenvalue weighted by molar-refractivity contribution is -0.115. The predicted octanol–water partition coefficient (Wildman–Crippen LogP) is 3.79. The molecule has 1 aromatic heterocycles. The number of hydrogen-bond donors (Lipinski definition) is 2. The molecule has 4 rings (SSSR count). The van der Waals surface area contributed by atoms with Gasteiger partial charge in [0.2, 0.25) is 5.91 Å². The van der Waals surface area contributed by atoms with Gasteiger partial charge in [0.1, 0.15) is 0 Å². The molecule has 0 spiro atoms. The normalized spacial score (nSPS) is 13.2. The smallest absolute Gasteiger partial charge is 0.272 e. The minimum Gasteiger partial charge on any atom is -0.342 e. The Hall–Kier alpha value is -3.55. The van der Waals surface area contributed by atoms with E-state index >= 15 is 0 Å². The summed E-state index contributed by atoms with van der Waals surface area (Å²) in [6, 6.07) is 12.7. The summed E-state index contributed by atoms with van der Waals surface area (Å²) in [5, 5.41) is 9.59. The number of carbonyl (C=O) groups excluding carboxylic acids is 2. The molecule has 1 aliphatic rings. The van der Waals surface area contributed by atoms with Crippen molar-refractivity contribution in [2.75, 3.05) is 11.9 Å². The van der Waals surface area contributed by atoms with Gasteiger partial charge < -0.3 is 10.6 Å². The molecule has 0 unspecified atom stereocenters. The fraction of sp³-hybridized carbons (Fsp3) is 0.261. The molecule has 3 aromatic rings. The van der Waals surface area contributed by atoms with Gasteiger partial charge in [-0.25, -0.2) is 13.5 Å². The number of fused-ring (bicyclic) bond motifs is 1. The van der Waals surface area contributed by atoms with Crippen molar-refractivity contribution in [1.82, 2.24) is 15.1 Å². The lowest BCUT2D eigenvalue weighted by Crippen LogP contribution is -2.33. The highest BCUT2D eigenvalue weighted by atomic mass is 19.2. The Balaban J connectivity index is 1.49. The SMILES string of the molecule is O=C(CNC(=O)c1nn(-c2ccccc2)c2c1CCCCC2)Nc1ccc(F)c(F)c1. The zero-order valence-corrected chi connectivity index (χ0v) is 16.8. The number of para-hydroxylation sites is 1. The fourth-order valence-electron chi connectivity index (χ4n) is 3.76. The maximum atomic E-state index is 13.3. The van der Waals surface area contributed by atoms with Gasteiger partial charge in [0.05, 0.1) is 12.2 Å². The molecule has 0 bridgehead atoms. The first-order valence-corrected chi connectivity index (χ1v) is 10.2. The number of nitrogens with one attached hydrogen (secondary N) is 2. The van der Waals surface area contributed by atoms with Crippen LogP contribution in [0.2, 0.25) is 0 Å². The van der Waals surface area contributed by atoms with Crippen molar-refractivity contribution in [3.05, 3.63) is 77.1 Å². The summed E-state index contributed by atoms with van der Waals surface area (Å²) < 4.78 is 28.1. The first-order chi connectivity index (χ1) is 15.0. The van der Waals surface area contributed by atoms with Gasteiger partial charge in [-0.1, -0.05) is 24.6 Å². The van der Waals surface area contributed by atoms with Gasteiger partial charge in [-0.15, -0.1) is 0 Å². The van der Waals surface area contributed by atoms with Gasteiger partial charge in [0.25, 0.3) is 5.91 Å². The number of amides is 2. The van der Waals surface area contributed by atoms with E-state index in [4.69, 9.17) is 0 Å². The van der Waals surface area contributed by atoms with Crippen molar-refractivity contribution in [3.8, 4) is 5.69 Å². The molecule has 2 N–H and O–H groups in total. The summed E-state index contributed by atoms with van der Waals surface area (Å²) in [6.07, 6.45) is 4.68. The molecule has 6 nitrogen and oxygen atoms in total. The highest BCUT2D eigenvalue weighted by molar-refractivity contribution is 5.99. The minimum absolute atomic E-state index is 0.111. The summed E-state index contributed by atoms with van der Waals surface area (Å²) >= 11 is 0. The van der Waals surface area contributed by atoms with Crippen molar-refractivity contribution in [2.45, 2.75) is 32.1 Å². The van der Waals surface area contributed by atoms with E-state index in [1.807, 2.05) is 35.0 Å². The molecule has 2 amide bonds. The molecule has 2 aromatic carbocycles. The molecular weight excluding hydrogens is 402 g/mol. The van der Waals surface area contributed by atoms with Crippen LogP contribution in [0.5, 0.6) is 0 Å². The maximum absolute atomic E-state index is 13.3. The second-order valence-corrected chi connectivity index (χ2v) is 7.44. The van der Waals surface area contributed by atoms with Crippen LogP contribution in [-0.2, 0) is 17.6 Å². The third kappa shape index (κ3) is 4.63. The molecular formula is C23H22F2N4O2. The third-order valence-electron chi connectivity index (χ3n) is 5.26. The lowest BCUT2D eigenvalue weighted by atomic mass is 10.1. The molecule has 0 aliphatic heterocycles. The molecule has 160 valence electrons. The number of rotatable bonds is 5. The van der Waals surface area contributed by atoms with Gasteiger partial charge in [-0.3, -0.25) is 9.59 Å². The monoisotopic (exact) mass is 424 g/mol. The summed E-state index contributed by atoms with van der Waals surface area (Å²) in [4.78, 5) is 25.0. The number of anilines is 1. The molecule has 0 atom stereocenters. The first-order valence-electron chi connectivity index (χ1n) is 10.2. The number of aromatic nitrogens is 2. The van der Waals surface area contributed by atoms with Gasteiger partial charge >= 0.3 is 0 Å². The van der Waals surface area contributed by atoms with Gasteiger partial charge in [-0.2, -0.15) is 5.10 Å². The van der Waals surface area contributed by atoms with E-state index in [0.717, 1.165) is 61.2 Å². The highest BCUT2D eigenvalue weighted by Gasteiger charge is 2.25. The molecule has 8 heteroatoms. The third-order valence-corrected chi connectivity index (χ3v) is 5.26. The summed E-state index contributed by atoms with van der Waals surface area (Å²) in [6.45, 7) is -0.315. The van der Waals surface area contributed by atoms with Crippen molar-refractivity contribution < 1.29 is 18.4 Å². The number of nitrogens with zero attached hydrogens (tertiary/aromatic N) is 2. The topological polar surface area (TPSA) is 76.0 Å². The molecule has 0 radical (unpaired) electrons. The van der Waals surface area contributed by atoms with Crippen LogP contribution in [0.15, 0.2) is 48.5 Å². The Morgan fingerprint density at radius 1 is 0.968 bits per heavy atom. The lowest BCUT2D eigenvalue weighted by Gasteiger charge is -2.07. The molecule has 0 saturated carbocycles. The van der Waals surface area contributed by atoms with E-state index in [9.17, 15) is 18.4 Å². The van der Waals surface area contributed by atoms with Gasteiger partial charge in [-0.05, 0) is 49.9 Å². The Bertz CT molecular complexity index is 1110. The summed E-state index contributed by atoms with van der Waals surface area (Å²) in [5.74, 6) is -3.04. The van der Waals surface area contributed by atoms with E-state index in [1.165, 1.54) is 6.07 Å². The average Bonchev–Trinajstić information content (AvgIpc) is 2.96. The highest BCUT2D eigenvalue weighted by Crippen LogP contribution is 2.26. The number of carbonyl (C=O) groups is 2. The van der Waals surface area contributed by atoms with Gasteiger partial charge in [0.15, 0.2) is 17.3 Å². The quantitative estimate of drug-likeness (QED) is 0.612. The number of hydrogen-bond acceptors (Lipinski definition) is 3. The second kappa shape index (κ2) is 9.07. The number of benzene rings is 2. The largest absolute Gasteiger partial charge is 0.342 e. The minimum atomic E-state index is -1.06. The molecule has 1 heterocycles. The Kier molecular flexibility index (Phi) is 6.06. The van der Waals surface area contributed by atoms with Crippen molar-refractivity contribution in [2.24, 2.45) is 0 Å². The van der Waals surface area contributed by atoms with E-state index in [2.05, 4.69) is 15.7 Å². The number of halogens is 2. The van der Waals surface area contributed by atoms with E-state index in [-0.39, 0.29) is 12.2 Å². The Morgan fingerprint density at radius 2 is 1.74 bits per heavy atom. The van der Waals surface area contributed by atoms with Crippen molar-refractivity contribution >= 4 is 17.5 Å². The standard InChI is InChI=1S/C23H22F2N4O2/c24-18-12-11-15(13-19(18)25)27-21(30)14-26-23(31)22-17-9-5-2-6-10-20(17)29(28-22)16-7-3-1-4-8-16/h1,3-4,7-8,11-13H,2,5-6,9-10,14H2,(H,26,31)(H,27,30). The van der Waals surface area contributed by atoms with Crippen LogP contribution >= 0.6 is 0 Å². The van der Waals surface area contributed by atoms with Crippen LogP contribution in [0, 0.1) is 11.6 Å². The Labute approximate surface area is 178 Å². The molecule has 1 aliphatic carbocycles. The van der Waals surface area contributed by atoms with Crippen LogP contribution < -0.4 is 10.6 Å². The Morgan fingerprint density at radius 3 is 2.52 bits per heavy atom. The maximum Gasteiger partial charge on any atom is 0.272 e. The van der Waals surface area contributed by atoms with E-state index in [1.54, 1.807) is 0 Å². The van der Waals surface area contributed by atoms with Crippen LogP contribution in [0.25, 0.3) is 5.69 Å². The van der Waals surface area contributed by atoms with Crippen LogP contribution in [0.3, 0.4) is 0 Å². The van der Waals surface area contributed by atoms with E-state index in [0.29, 0.717) is 5.69 Å². The molecule has 0 saturated heterocycles. The van der Waals surface area contributed by atoms with Crippen molar-refractivity contribution in [1.29, 1.82) is 0 Å². The molecule has 0 fully saturated rings. The predicted molar refractivity (Wildman–Crippen MR) is 112 cm³/mol. The average molecular weight is 424 g/mol. The summed E-state index contributed by atoms with van der Waals surface area (Å²) in [7, 11) is 0.